The number of nitrogens with one attached hydrogen (secondary N) is 2. The molecule has 2 amide bonds. The van der Waals surface area contributed by atoms with Crippen LogP contribution in [0.5, 0.6) is 0 Å². The van der Waals surface area contributed by atoms with Crippen molar-refractivity contribution in [2.45, 2.75) is 82.5 Å². The minimum atomic E-state index is -0.968. The number of hydrogen-bond acceptors (Lipinski definition) is 12. The van der Waals surface area contributed by atoms with Crippen LogP contribution in [0.1, 0.15) is 76.8 Å². The summed E-state index contributed by atoms with van der Waals surface area (Å²) >= 11 is 2.75. The van der Waals surface area contributed by atoms with Gasteiger partial charge in [0.05, 0.1) is 0 Å². The molecule has 3 aliphatic rings. The number of thiazole rings is 1. The summed E-state index contributed by atoms with van der Waals surface area (Å²) in [6.07, 6.45) is 1.90. The highest BCUT2D eigenvalue weighted by Gasteiger charge is 2.56. The fourth-order valence-electron chi connectivity index (χ4n) is 7.02. The topological polar surface area (TPSA) is 149 Å². The van der Waals surface area contributed by atoms with Crippen LogP contribution in [0.25, 0.3) is 0 Å². The Hall–Kier alpha value is -5.47. The van der Waals surface area contributed by atoms with E-state index in [0.29, 0.717) is 10.9 Å². The molecule has 1 aliphatic carbocycles. The summed E-state index contributed by atoms with van der Waals surface area (Å²) in [6.45, 7) is 9.99. The Labute approximate surface area is 346 Å². The number of carbonyl (C=O) groups excluding carboxylic acids is 4. The van der Waals surface area contributed by atoms with Crippen LogP contribution in [-0.4, -0.2) is 74.3 Å². The van der Waals surface area contributed by atoms with Crippen LogP contribution in [0.15, 0.2) is 113 Å². The third-order valence-corrected chi connectivity index (χ3v) is 11.6. The van der Waals surface area contributed by atoms with Gasteiger partial charge >= 0.3 is 11.9 Å². The van der Waals surface area contributed by atoms with Gasteiger partial charge in [-0.1, -0.05) is 96.2 Å². The standard InChI is InChI=1S/C44H47N5O7S2/c1-42(2,3)55-33(50)24-54-48-34(37(51)46-35-38(52)49-36(40(53)56-43(4,5)6)31(27-22-23-27)25-57-39(35)49)32-26-58-41(45-32)47-44(28-16-10-7-11-17-28,29-18-12-8-13-19-29)30-20-14-9-15-21-30/h7-21,26-27,35,39H,22-25H2,1-6H3,(H,45,47)(H,46,51)/b48-34-/t35-,39-/m1/s1. The van der Waals surface area contributed by atoms with Crippen LogP contribution < -0.4 is 10.6 Å². The smallest absolute Gasteiger partial charge is 0.355 e. The lowest BCUT2D eigenvalue weighted by molar-refractivity contribution is -0.160. The number of ether oxygens (including phenoxy) is 2. The van der Waals surface area contributed by atoms with E-state index < -0.39 is 58.5 Å². The SMILES string of the molecule is CC(C)(C)OC(=O)CO/N=C(\C(=O)N[C@@H]1C(=O)N2C(C(=O)OC(C)(C)C)=C(C3CC3)CS[C@H]12)c1csc(NC(c2ccccc2)(c2ccccc2)c2ccccc2)n1. The minimum Gasteiger partial charge on any atom is -0.457 e. The average Bonchev–Trinajstić information content (AvgIpc) is 3.94. The highest BCUT2D eigenvalue weighted by Crippen LogP contribution is 2.48. The third-order valence-electron chi connectivity index (χ3n) is 9.58. The van der Waals surface area contributed by atoms with Crippen LogP contribution in [0.3, 0.4) is 0 Å². The molecule has 1 saturated heterocycles. The fraction of sp³-hybridized carbons (Fsp3) is 0.364. The molecule has 2 aliphatic heterocycles. The van der Waals surface area contributed by atoms with Crippen LogP contribution in [0.4, 0.5) is 5.13 Å². The van der Waals surface area contributed by atoms with Crippen molar-refractivity contribution in [3.05, 3.63) is 130 Å². The van der Waals surface area contributed by atoms with E-state index >= 15 is 0 Å². The Kier molecular flexibility index (Phi) is 11.5. The molecule has 1 aromatic heterocycles. The van der Waals surface area contributed by atoms with Crippen molar-refractivity contribution < 1.29 is 33.5 Å². The van der Waals surface area contributed by atoms with Crippen molar-refractivity contribution in [3.8, 4) is 0 Å². The first-order chi connectivity index (χ1) is 27.6. The van der Waals surface area contributed by atoms with Crippen molar-refractivity contribution in [1.82, 2.24) is 15.2 Å². The normalized spacial score (nSPS) is 18.5. The zero-order valence-electron chi connectivity index (χ0n) is 33.3. The first-order valence-corrected chi connectivity index (χ1v) is 21.1. The molecule has 14 heteroatoms. The van der Waals surface area contributed by atoms with Crippen LogP contribution in [-0.2, 0) is 39.0 Å². The van der Waals surface area contributed by atoms with E-state index in [1.165, 1.54) is 28.0 Å². The number of benzene rings is 3. The molecule has 3 heterocycles. The summed E-state index contributed by atoms with van der Waals surface area (Å²) in [5, 5.41) is 12.3. The maximum absolute atomic E-state index is 14.2. The van der Waals surface area contributed by atoms with Gasteiger partial charge < -0.3 is 24.9 Å². The van der Waals surface area contributed by atoms with Gasteiger partial charge in [-0.05, 0) is 82.6 Å². The first-order valence-electron chi connectivity index (χ1n) is 19.2. The number of fused-ring (bicyclic) bond motifs is 1. The van der Waals surface area contributed by atoms with Crippen LogP contribution in [0, 0.1) is 5.92 Å². The molecule has 0 bridgehead atoms. The Bertz CT molecular complexity index is 2130. The average molecular weight is 822 g/mol. The second-order valence-electron chi connectivity index (χ2n) is 16.3. The summed E-state index contributed by atoms with van der Waals surface area (Å²) < 4.78 is 11.1. The molecule has 4 aromatic rings. The molecule has 1 saturated carbocycles. The summed E-state index contributed by atoms with van der Waals surface area (Å²) in [6, 6.07) is 29.1. The molecular weight excluding hydrogens is 775 g/mol. The van der Waals surface area contributed by atoms with Gasteiger partial charge in [-0.25, -0.2) is 14.6 Å². The lowest BCUT2D eigenvalue weighted by Gasteiger charge is -2.50. The molecule has 0 unspecified atom stereocenters. The van der Waals surface area contributed by atoms with Crippen molar-refractivity contribution in [2.75, 3.05) is 17.7 Å². The zero-order chi connectivity index (χ0) is 41.2. The number of esters is 2. The van der Waals surface area contributed by atoms with Gasteiger partial charge in [-0.15, -0.1) is 23.1 Å². The maximum atomic E-state index is 14.2. The summed E-state index contributed by atoms with van der Waals surface area (Å²) in [5.74, 6) is -1.63. The number of rotatable bonds is 13. The second kappa shape index (κ2) is 16.4. The van der Waals surface area contributed by atoms with E-state index in [2.05, 4.69) is 15.8 Å². The summed E-state index contributed by atoms with van der Waals surface area (Å²) in [7, 11) is 0. The Morgan fingerprint density at radius 2 is 1.38 bits per heavy atom. The van der Waals surface area contributed by atoms with Gasteiger partial charge in [-0.3, -0.25) is 14.5 Å². The van der Waals surface area contributed by atoms with Gasteiger partial charge in [0.2, 0.25) is 6.61 Å². The molecule has 7 rings (SSSR count). The molecule has 2 N–H and O–H groups in total. The van der Waals surface area contributed by atoms with E-state index in [9.17, 15) is 19.2 Å². The van der Waals surface area contributed by atoms with Gasteiger partial charge in [-0.2, -0.15) is 0 Å². The molecule has 302 valence electrons. The molecular formula is C44H47N5O7S2. The maximum Gasteiger partial charge on any atom is 0.355 e. The molecule has 2 fully saturated rings. The molecule has 12 nitrogen and oxygen atoms in total. The van der Waals surface area contributed by atoms with Crippen molar-refractivity contribution in [2.24, 2.45) is 11.1 Å². The van der Waals surface area contributed by atoms with Crippen molar-refractivity contribution >= 4 is 57.7 Å². The Morgan fingerprint density at radius 3 is 1.90 bits per heavy atom. The lowest BCUT2D eigenvalue weighted by Crippen LogP contribution is -2.71. The number of thioether (sulfide) groups is 1. The predicted octanol–water partition coefficient (Wildman–Crippen LogP) is 7.02. The number of anilines is 1. The van der Waals surface area contributed by atoms with E-state index in [-0.39, 0.29) is 23.0 Å². The number of amides is 2. The number of carbonyl (C=O) groups is 4. The number of β-lactam (4-membered cyclic amide) rings is 1. The van der Waals surface area contributed by atoms with Gasteiger partial charge in [0.15, 0.2) is 10.8 Å². The molecule has 0 spiro atoms. The first kappa shape index (κ1) is 40.7. The van der Waals surface area contributed by atoms with E-state index in [0.717, 1.165) is 35.1 Å². The largest absolute Gasteiger partial charge is 0.457 e. The number of aromatic nitrogens is 1. The van der Waals surface area contributed by atoms with Crippen LogP contribution in [0.2, 0.25) is 0 Å². The quantitative estimate of drug-likeness (QED) is 0.0474. The highest BCUT2D eigenvalue weighted by molar-refractivity contribution is 8.00. The van der Waals surface area contributed by atoms with Crippen molar-refractivity contribution in [3.63, 3.8) is 0 Å². The second-order valence-corrected chi connectivity index (χ2v) is 18.3. The number of hydrogen-bond donors (Lipinski definition) is 2. The molecule has 3 aromatic carbocycles. The Morgan fingerprint density at radius 1 is 0.828 bits per heavy atom. The number of nitrogens with zero attached hydrogens (tertiary/aromatic N) is 3. The summed E-state index contributed by atoms with van der Waals surface area (Å²) in [5.41, 5.74) is 1.56. The molecule has 0 radical (unpaired) electrons. The highest BCUT2D eigenvalue weighted by atomic mass is 32.2. The molecule has 2 atom stereocenters. The van der Waals surface area contributed by atoms with Gasteiger partial charge in [0, 0.05) is 11.1 Å². The van der Waals surface area contributed by atoms with Crippen LogP contribution >= 0.6 is 23.1 Å². The minimum absolute atomic E-state index is 0.155. The predicted molar refractivity (Wildman–Crippen MR) is 224 cm³/mol. The van der Waals surface area contributed by atoms with E-state index in [1.807, 2.05) is 91.0 Å². The zero-order valence-corrected chi connectivity index (χ0v) is 34.9. The van der Waals surface area contributed by atoms with Gasteiger partial charge in [0.25, 0.3) is 11.8 Å². The van der Waals surface area contributed by atoms with E-state index in [1.54, 1.807) is 46.9 Å². The van der Waals surface area contributed by atoms with Gasteiger partial charge in [0.1, 0.15) is 39.5 Å². The Balaban J connectivity index is 1.19. The number of oxime groups is 1. The van der Waals surface area contributed by atoms with E-state index in [4.69, 9.17) is 19.3 Å². The fourth-order valence-corrected chi connectivity index (χ4v) is 9.23. The lowest BCUT2D eigenvalue weighted by atomic mass is 9.77. The molecule has 58 heavy (non-hydrogen) atoms. The monoisotopic (exact) mass is 821 g/mol. The van der Waals surface area contributed by atoms with Crippen molar-refractivity contribution in [1.29, 1.82) is 0 Å². The summed E-state index contributed by atoms with van der Waals surface area (Å²) in [4.78, 5) is 65.9. The third kappa shape index (κ3) is 8.82.